The van der Waals surface area contributed by atoms with Crippen LogP contribution in [0, 0.1) is 0 Å². The maximum atomic E-state index is 12.2. The lowest BCUT2D eigenvalue weighted by Crippen LogP contribution is -2.42. The minimum atomic E-state index is 0.180. The van der Waals surface area contributed by atoms with E-state index in [2.05, 4.69) is 36.1 Å². The van der Waals surface area contributed by atoms with Gasteiger partial charge >= 0.3 is 0 Å². The third kappa shape index (κ3) is 3.65. The normalized spacial score (nSPS) is 23.2. The Hall–Kier alpha value is -1.04. The van der Waals surface area contributed by atoms with E-state index in [4.69, 9.17) is 4.74 Å². The van der Waals surface area contributed by atoms with Crippen LogP contribution in [0.25, 0.3) is 0 Å². The summed E-state index contributed by atoms with van der Waals surface area (Å²) in [6.45, 7) is 7.49. The van der Waals surface area contributed by atoms with Gasteiger partial charge in [0, 0.05) is 26.2 Å². The zero-order chi connectivity index (χ0) is 15.4. The molecule has 3 rings (SSSR count). The van der Waals surface area contributed by atoms with Gasteiger partial charge in [-0.15, -0.1) is 11.8 Å². The van der Waals surface area contributed by atoms with Crippen molar-refractivity contribution >= 4 is 17.7 Å². The van der Waals surface area contributed by atoms with Crippen molar-refractivity contribution in [2.24, 2.45) is 0 Å². The SMILES string of the molecule is CCc1ccc(C2SCC(=O)N2CCN2CCOCC2)cc1. The first-order chi connectivity index (χ1) is 10.8. The predicted molar refractivity (Wildman–Crippen MR) is 90.0 cm³/mol. The molecule has 0 spiro atoms. The fourth-order valence-electron chi connectivity index (χ4n) is 2.96. The van der Waals surface area contributed by atoms with Crippen molar-refractivity contribution in [2.45, 2.75) is 18.7 Å². The molecule has 0 bridgehead atoms. The molecule has 22 heavy (non-hydrogen) atoms. The maximum absolute atomic E-state index is 12.2. The van der Waals surface area contributed by atoms with Gasteiger partial charge in [0.1, 0.15) is 5.37 Å². The summed E-state index contributed by atoms with van der Waals surface area (Å²) in [5.41, 5.74) is 2.59. The van der Waals surface area contributed by atoms with Crippen LogP contribution in [-0.2, 0) is 16.0 Å². The Morgan fingerprint density at radius 3 is 2.59 bits per heavy atom. The van der Waals surface area contributed by atoms with Crippen molar-refractivity contribution in [3.05, 3.63) is 35.4 Å². The molecule has 0 aromatic heterocycles. The number of rotatable bonds is 5. The van der Waals surface area contributed by atoms with E-state index >= 15 is 0 Å². The molecule has 0 N–H and O–H groups in total. The Morgan fingerprint density at radius 1 is 1.18 bits per heavy atom. The third-order valence-electron chi connectivity index (χ3n) is 4.40. The maximum Gasteiger partial charge on any atom is 0.233 e. The number of nitrogens with zero attached hydrogens (tertiary/aromatic N) is 2. The van der Waals surface area contributed by atoms with Gasteiger partial charge in [-0.1, -0.05) is 31.2 Å². The van der Waals surface area contributed by atoms with E-state index in [-0.39, 0.29) is 11.3 Å². The van der Waals surface area contributed by atoms with Crippen LogP contribution in [0.2, 0.25) is 0 Å². The van der Waals surface area contributed by atoms with E-state index in [9.17, 15) is 4.79 Å². The van der Waals surface area contributed by atoms with Gasteiger partial charge < -0.3 is 9.64 Å². The van der Waals surface area contributed by atoms with Crippen molar-refractivity contribution in [2.75, 3.05) is 45.1 Å². The van der Waals surface area contributed by atoms with Crippen LogP contribution in [0.5, 0.6) is 0 Å². The Morgan fingerprint density at radius 2 is 1.91 bits per heavy atom. The van der Waals surface area contributed by atoms with Gasteiger partial charge in [0.15, 0.2) is 0 Å². The van der Waals surface area contributed by atoms with Crippen molar-refractivity contribution in [1.29, 1.82) is 0 Å². The molecule has 2 fully saturated rings. The second kappa shape index (κ2) is 7.49. The number of ether oxygens (including phenoxy) is 1. The average Bonchev–Trinajstić information content (AvgIpc) is 2.95. The molecule has 0 radical (unpaired) electrons. The molecule has 2 aliphatic heterocycles. The highest BCUT2D eigenvalue weighted by Crippen LogP contribution is 2.38. The highest BCUT2D eigenvalue weighted by Gasteiger charge is 2.32. The topological polar surface area (TPSA) is 32.8 Å². The Kier molecular flexibility index (Phi) is 5.39. The number of carbonyl (C=O) groups excluding carboxylic acids is 1. The summed E-state index contributed by atoms with van der Waals surface area (Å²) < 4.78 is 5.38. The molecule has 4 nitrogen and oxygen atoms in total. The quantitative estimate of drug-likeness (QED) is 0.832. The number of aryl methyl sites for hydroxylation is 1. The Labute approximate surface area is 136 Å². The molecule has 120 valence electrons. The highest BCUT2D eigenvalue weighted by molar-refractivity contribution is 8.00. The molecule has 0 saturated carbocycles. The number of amides is 1. The first kappa shape index (κ1) is 15.8. The first-order valence-electron chi connectivity index (χ1n) is 8.08. The van der Waals surface area contributed by atoms with E-state index < -0.39 is 0 Å². The number of hydrogen-bond donors (Lipinski definition) is 0. The van der Waals surface area contributed by atoms with Crippen LogP contribution in [0.3, 0.4) is 0 Å². The van der Waals surface area contributed by atoms with E-state index in [0.29, 0.717) is 5.75 Å². The van der Waals surface area contributed by atoms with Crippen LogP contribution in [0.4, 0.5) is 0 Å². The van der Waals surface area contributed by atoms with Gasteiger partial charge in [-0.05, 0) is 17.5 Å². The van der Waals surface area contributed by atoms with Crippen LogP contribution < -0.4 is 0 Å². The fraction of sp³-hybridized carbons (Fsp3) is 0.588. The van der Waals surface area contributed by atoms with E-state index in [1.54, 1.807) is 11.8 Å². The number of morpholine rings is 1. The lowest BCUT2D eigenvalue weighted by atomic mass is 10.1. The second-order valence-corrected chi connectivity index (χ2v) is 6.87. The molecule has 2 heterocycles. The smallest absolute Gasteiger partial charge is 0.233 e. The zero-order valence-corrected chi connectivity index (χ0v) is 14.0. The Bertz CT molecular complexity index is 500. The minimum Gasteiger partial charge on any atom is -0.379 e. The molecule has 1 aromatic rings. The summed E-state index contributed by atoms with van der Waals surface area (Å²) in [6, 6.07) is 8.71. The molecule has 1 amide bonds. The van der Waals surface area contributed by atoms with Crippen LogP contribution in [0.15, 0.2) is 24.3 Å². The number of hydrogen-bond acceptors (Lipinski definition) is 4. The van der Waals surface area contributed by atoms with E-state index in [1.165, 1.54) is 11.1 Å². The van der Waals surface area contributed by atoms with Crippen LogP contribution in [-0.4, -0.2) is 60.9 Å². The summed E-state index contributed by atoms with van der Waals surface area (Å²) in [7, 11) is 0. The highest BCUT2D eigenvalue weighted by atomic mass is 32.2. The molecule has 1 atom stereocenters. The third-order valence-corrected chi connectivity index (χ3v) is 5.66. The fourth-order valence-corrected chi connectivity index (χ4v) is 4.18. The van der Waals surface area contributed by atoms with E-state index in [0.717, 1.165) is 45.8 Å². The van der Waals surface area contributed by atoms with Gasteiger partial charge in [-0.3, -0.25) is 9.69 Å². The van der Waals surface area contributed by atoms with Gasteiger partial charge in [0.2, 0.25) is 5.91 Å². The largest absolute Gasteiger partial charge is 0.379 e. The van der Waals surface area contributed by atoms with E-state index in [1.807, 2.05) is 4.90 Å². The Balaban J connectivity index is 1.63. The van der Waals surface area contributed by atoms with Gasteiger partial charge in [0.05, 0.1) is 19.0 Å². The molecule has 0 aliphatic carbocycles. The van der Waals surface area contributed by atoms with Crippen molar-refractivity contribution in [3.63, 3.8) is 0 Å². The van der Waals surface area contributed by atoms with Crippen molar-refractivity contribution < 1.29 is 9.53 Å². The monoisotopic (exact) mass is 320 g/mol. The van der Waals surface area contributed by atoms with Gasteiger partial charge in [-0.25, -0.2) is 0 Å². The van der Waals surface area contributed by atoms with Crippen molar-refractivity contribution in [1.82, 2.24) is 9.80 Å². The summed E-state index contributed by atoms with van der Waals surface area (Å²) >= 11 is 1.74. The zero-order valence-electron chi connectivity index (χ0n) is 13.2. The molecule has 1 unspecified atom stereocenters. The molecular formula is C17H24N2O2S. The standard InChI is InChI=1S/C17H24N2O2S/c1-2-14-3-5-15(6-4-14)17-19(16(20)13-22-17)8-7-18-9-11-21-12-10-18/h3-6,17H,2,7-13H2,1H3. The number of benzene rings is 1. The molecule has 5 heteroatoms. The number of carbonyl (C=O) groups is 1. The van der Waals surface area contributed by atoms with Gasteiger partial charge in [0.25, 0.3) is 0 Å². The summed E-state index contributed by atoms with van der Waals surface area (Å²) in [6.07, 6.45) is 1.05. The first-order valence-corrected chi connectivity index (χ1v) is 9.13. The molecule has 2 aliphatic rings. The van der Waals surface area contributed by atoms with Crippen LogP contribution in [0.1, 0.15) is 23.4 Å². The van der Waals surface area contributed by atoms with Crippen LogP contribution >= 0.6 is 11.8 Å². The minimum absolute atomic E-state index is 0.180. The number of thioether (sulfide) groups is 1. The summed E-state index contributed by atoms with van der Waals surface area (Å²) in [5, 5.41) is 0.180. The average molecular weight is 320 g/mol. The lowest BCUT2D eigenvalue weighted by molar-refractivity contribution is -0.128. The summed E-state index contributed by atoms with van der Waals surface area (Å²) in [4.78, 5) is 16.6. The predicted octanol–water partition coefficient (Wildman–Crippen LogP) is 2.16. The second-order valence-electron chi connectivity index (χ2n) is 5.80. The molecular weight excluding hydrogens is 296 g/mol. The molecule has 1 aromatic carbocycles. The summed E-state index contributed by atoms with van der Waals surface area (Å²) in [5.74, 6) is 0.867. The molecule has 2 saturated heterocycles. The van der Waals surface area contributed by atoms with Crippen molar-refractivity contribution in [3.8, 4) is 0 Å². The lowest BCUT2D eigenvalue weighted by Gasteiger charge is -2.30. The van der Waals surface area contributed by atoms with Gasteiger partial charge in [-0.2, -0.15) is 0 Å².